The van der Waals surface area contributed by atoms with E-state index in [0.717, 1.165) is 36.2 Å². The molecule has 0 unspecified atom stereocenters. The van der Waals surface area contributed by atoms with E-state index in [4.69, 9.17) is 14.4 Å². The van der Waals surface area contributed by atoms with Crippen molar-refractivity contribution in [2.45, 2.75) is 109 Å². The number of carbonyl (C=O) groups is 4. The Balaban J connectivity index is 1.00. The molecule has 2 aromatic heterocycles. The maximum Gasteiger partial charge on any atom is 0.274 e. The van der Waals surface area contributed by atoms with Crippen LogP contribution in [0.15, 0.2) is 68.7 Å². The van der Waals surface area contributed by atoms with Crippen LogP contribution in [0.25, 0.3) is 0 Å². The van der Waals surface area contributed by atoms with Crippen LogP contribution in [0.1, 0.15) is 125 Å². The largest absolute Gasteiger partial charge is 0.503 e. The highest BCUT2D eigenvalue weighted by molar-refractivity contribution is 6.01. The number of aromatic nitrogens is 2. The molecule has 2 fully saturated rings. The van der Waals surface area contributed by atoms with Gasteiger partial charge in [-0.3, -0.25) is 28.8 Å². The van der Waals surface area contributed by atoms with E-state index in [0.29, 0.717) is 31.4 Å². The van der Waals surface area contributed by atoms with E-state index in [9.17, 15) is 51.4 Å². The number of carbonyl (C=O) groups excluding carboxylic acids is 4. The lowest BCUT2D eigenvalue weighted by Crippen LogP contribution is -2.55. The molecule has 4 amide bonds. The number of aromatic hydroxyl groups is 1. The number of amides is 4. The normalized spacial score (nSPS) is 27.0. The molecule has 6 aliphatic rings. The Bertz CT molecular complexity index is 3200. The minimum Gasteiger partial charge on any atom is -0.503 e. The van der Waals surface area contributed by atoms with Gasteiger partial charge in [-0.05, 0) is 58.6 Å². The minimum absolute atomic E-state index is 0.0195. The molecule has 2 saturated heterocycles. The van der Waals surface area contributed by atoms with Gasteiger partial charge in [0.05, 0.1) is 17.8 Å². The zero-order valence-corrected chi connectivity index (χ0v) is 39.8. The average Bonchev–Trinajstić information content (AvgIpc) is 3.71. The summed E-state index contributed by atoms with van der Waals surface area (Å²) in [6.07, 6.45) is 4.01. The molecule has 6 aliphatic heterocycles. The van der Waals surface area contributed by atoms with Crippen molar-refractivity contribution in [2.24, 2.45) is 22.1 Å². The molecule has 4 aromatic rings. The Morgan fingerprint density at radius 1 is 0.722 bits per heavy atom. The molecule has 72 heavy (non-hydrogen) atoms. The summed E-state index contributed by atoms with van der Waals surface area (Å²) >= 11 is 0. The van der Waals surface area contributed by atoms with Crippen LogP contribution in [0.3, 0.4) is 0 Å². The zero-order chi connectivity index (χ0) is 51.3. The Kier molecular flexibility index (Phi) is 11.8. The van der Waals surface area contributed by atoms with Gasteiger partial charge in [0.2, 0.25) is 10.9 Å². The molecule has 10 rings (SSSR count). The van der Waals surface area contributed by atoms with Crippen LogP contribution in [0.2, 0.25) is 0 Å². The number of rotatable bonds is 9. The van der Waals surface area contributed by atoms with Crippen LogP contribution in [0, 0.1) is 35.1 Å². The Morgan fingerprint density at radius 3 is 1.72 bits per heavy atom. The number of hydrogen-bond donors (Lipinski definition) is 3. The van der Waals surface area contributed by atoms with Crippen molar-refractivity contribution in [3.63, 3.8) is 0 Å². The van der Waals surface area contributed by atoms with Gasteiger partial charge in [0, 0.05) is 85.8 Å². The van der Waals surface area contributed by atoms with E-state index in [2.05, 4.69) is 20.9 Å². The SMILES string of the molecule is CC1=NO[C@@]2(CC[C@H](C)N3C[C@H]2n2cc(C(=O)NCc4ccc(F)cc4F)c(=O)c(OCC4=NO[C@@]5(CC[C@H](C)N6C[C@H]5n5cc(C(=O)NCc7ccc(F)cc7F)c(=O)c(O)c5C6=O)[C@H]4C)c2C3=O)[C@H]1C. The number of nitrogens with one attached hydrogen (secondary N) is 2. The van der Waals surface area contributed by atoms with E-state index in [1.165, 1.54) is 20.2 Å². The predicted octanol–water partition coefficient (Wildman–Crippen LogP) is 5.11. The first-order chi connectivity index (χ1) is 34.3. The third kappa shape index (κ3) is 7.50. The molecule has 0 saturated carbocycles. The van der Waals surface area contributed by atoms with Crippen LogP contribution < -0.4 is 26.2 Å². The van der Waals surface area contributed by atoms with Crippen LogP contribution >= 0.6 is 0 Å². The Morgan fingerprint density at radius 2 is 1.21 bits per heavy atom. The number of oxime groups is 2. The first-order valence-electron chi connectivity index (χ1n) is 23.7. The van der Waals surface area contributed by atoms with Gasteiger partial charge in [-0.25, -0.2) is 17.6 Å². The maximum atomic E-state index is 14.8. The fourth-order valence-corrected chi connectivity index (χ4v) is 11.3. The van der Waals surface area contributed by atoms with Gasteiger partial charge in [0.25, 0.3) is 23.6 Å². The molecule has 3 N–H and O–H groups in total. The number of nitrogens with zero attached hydrogens (tertiary/aromatic N) is 6. The lowest BCUT2D eigenvalue weighted by molar-refractivity contribution is -0.0867. The molecular weight excluding hydrogens is 949 g/mol. The van der Waals surface area contributed by atoms with Crippen molar-refractivity contribution in [3.05, 3.63) is 126 Å². The van der Waals surface area contributed by atoms with Crippen molar-refractivity contribution >= 4 is 35.1 Å². The standard InChI is InChI=1S/C50H50F4N8O10/c1-23-11-13-50(38-21-59(23)47(68)39-43(65)41(63)32(18-61(38)39)45(66)55-16-28-6-8-30(51)14-34(28)53)26(4)36(58-72-50)22-70-44-40-48(69)60-20-37(49(12-10-24(60)2)25(3)27(5)57-71-49)62(40)19-33(42(44)64)46(67)56-17-29-7-9-31(52)15-35(29)54/h6-9,14-15,18-19,23-26,37-38,65H,10-13,16-17,20-22H2,1-5H3,(H,55,66)(H,56,67)/t23-,24-,25-,26-,37+,38+,49-,50-/m0/s1. The quantitative estimate of drug-likeness (QED) is 0.189. The highest BCUT2D eigenvalue weighted by Crippen LogP contribution is 2.51. The number of hydrogen-bond acceptors (Lipinski definition) is 12. The number of benzene rings is 2. The molecule has 4 bridgehead atoms. The number of pyridine rings is 2. The predicted molar refractivity (Wildman–Crippen MR) is 248 cm³/mol. The topological polar surface area (TPSA) is 215 Å². The third-order valence-corrected chi connectivity index (χ3v) is 15.9. The van der Waals surface area contributed by atoms with Gasteiger partial charge in [-0.2, -0.15) is 0 Å². The average molecular weight is 999 g/mol. The minimum atomic E-state index is -1.35. The monoisotopic (exact) mass is 998 g/mol. The number of ether oxygens (including phenoxy) is 1. The molecule has 0 aliphatic carbocycles. The second-order valence-corrected chi connectivity index (χ2v) is 19.6. The van der Waals surface area contributed by atoms with Crippen molar-refractivity contribution in [1.82, 2.24) is 29.6 Å². The van der Waals surface area contributed by atoms with Crippen LogP contribution in [0.5, 0.6) is 11.5 Å². The van der Waals surface area contributed by atoms with Gasteiger partial charge in [-0.15, -0.1) is 0 Å². The van der Waals surface area contributed by atoms with E-state index in [1.54, 1.807) is 18.7 Å². The number of fused-ring (bicyclic) bond motifs is 10. The van der Waals surface area contributed by atoms with Gasteiger partial charge in [0.1, 0.15) is 46.7 Å². The zero-order valence-electron chi connectivity index (χ0n) is 39.8. The highest BCUT2D eigenvalue weighted by Gasteiger charge is 2.60. The maximum absolute atomic E-state index is 14.8. The van der Waals surface area contributed by atoms with E-state index in [-0.39, 0.29) is 54.0 Å². The second kappa shape index (κ2) is 17.7. The van der Waals surface area contributed by atoms with Gasteiger partial charge in [0.15, 0.2) is 34.1 Å². The molecule has 22 heteroatoms. The fraction of sp³-hybridized carbons (Fsp3) is 0.440. The molecule has 2 aromatic carbocycles. The summed E-state index contributed by atoms with van der Waals surface area (Å²) in [5.41, 5.74) is -5.22. The van der Waals surface area contributed by atoms with Crippen molar-refractivity contribution in [2.75, 3.05) is 19.7 Å². The number of halogens is 4. The first kappa shape index (κ1) is 48.1. The van der Waals surface area contributed by atoms with Gasteiger partial charge >= 0.3 is 0 Å². The summed E-state index contributed by atoms with van der Waals surface area (Å²) in [4.78, 5) is 101. The van der Waals surface area contributed by atoms with Crippen molar-refractivity contribution in [3.8, 4) is 11.5 Å². The fourth-order valence-electron chi connectivity index (χ4n) is 11.3. The molecule has 18 nitrogen and oxygen atoms in total. The molecular formula is C50H50F4N8O10. The summed E-state index contributed by atoms with van der Waals surface area (Å²) in [7, 11) is 0. The van der Waals surface area contributed by atoms with Crippen LogP contribution in [-0.4, -0.2) is 102 Å². The van der Waals surface area contributed by atoms with Crippen molar-refractivity contribution in [1.29, 1.82) is 0 Å². The lowest BCUT2D eigenvalue weighted by atomic mass is 9.76. The first-order valence-corrected chi connectivity index (χ1v) is 23.7. The Labute approximate surface area is 408 Å². The third-order valence-electron chi connectivity index (χ3n) is 15.9. The highest BCUT2D eigenvalue weighted by atomic mass is 19.1. The molecule has 8 atom stereocenters. The Hall–Kier alpha value is -7.52. The van der Waals surface area contributed by atoms with Crippen LogP contribution in [0.4, 0.5) is 17.6 Å². The summed E-state index contributed by atoms with van der Waals surface area (Å²) in [6.45, 7) is 8.06. The summed E-state index contributed by atoms with van der Waals surface area (Å²) in [5.74, 6) is -9.11. The molecule has 8 heterocycles. The van der Waals surface area contributed by atoms with Crippen LogP contribution in [-0.2, 0) is 22.8 Å². The van der Waals surface area contributed by atoms with E-state index in [1.807, 2.05) is 20.8 Å². The molecule has 2 spiro atoms. The summed E-state index contributed by atoms with van der Waals surface area (Å²) in [5, 5.41) is 25.2. The second-order valence-electron chi connectivity index (χ2n) is 19.6. The molecule has 0 radical (unpaired) electrons. The summed E-state index contributed by atoms with van der Waals surface area (Å²) < 4.78 is 65.8. The van der Waals surface area contributed by atoms with Crippen molar-refractivity contribution < 1.29 is 56.3 Å². The summed E-state index contributed by atoms with van der Waals surface area (Å²) in [6, 6.07) is 3.31. The molecule has 378 valence electrons. The van der Waals surface area contributed by atoms with E-state index >= 15 is 0 Å². The van der Waals surface area contributed by atoms with Gasteiger partial charge in [-0.1, -0.05) is 36.3 Å². The lowest BCUT2D eigenvalue weighted by Gasteiger charge is -2.44. The smallest absolute Gasteiger partial charge is 0.274 e. The van der Waals surface area contributed by atoms with E-state index < -0.39 is 141 Å². The van der Waals surface area contributed by atoms with Gasteiger partial charge < -0.3 is 49.1 Å².